The summed E-state index contributed by atoms with van der Waals surface area (Å²) in [5.41, 5.74) is 3.56. The number of hydrogen-bond donors (Lipinski definition) is 1. The number of benzene rings is 3. The highest BCUT2D eigenvalue weighted by atomic mass is 32.2. The van der Waals surface area contributed by atoms with Crippen LogP contribution in [0.3, 0.4) is 0 Å². The van der Waals surface area contributed by atoms with Gasteiger partial charge in [-0.25, -0.2) is 8.42 Å². The minimum absolute atomic E-state index is 0.132. The Morgan fingerprint density at radius 3 is 2.22 bits per heavy atom. The number of methoxy groups -OCH3 is 1. The lowest BCUT2D eigenvalue weighted by Crippen LogP contribution is -2.40. The normalized spacial score (nSPS) is 13.9. The first-order chi connectivity index (χ1) is 17.4. The molecule has 0 unspecified atom stereocenters. The third kappa shape index (κ3) is 6.25. The first-order valence-corrected chi connectivity index (χ1v) is 13.6. The fourth-order valence-electron chi connectivity index (χ4n) is 4.35. The molecule has 1 aliphatic heterocycles. The molecule has 7 nitrogen and oxygen atoms in total. The van der Waals surface area contributed by atoms with E-state index in [9.17, 15) is 13.2 Å². The van der Waals surface area contributed by atoms with Crippen molar-refractivity contribution in [1.29, 1.82) is 0 Å². The Morgan fingerprint density at radius 2 is 1.58 bits per heavy atom. The largest absolute Gasteiger partial charge is 0.497 e. The summed E-state index contributed by atoms with van der Waals surface area (Å²) in [5, 5.41) is 2.93. The standard InChI is InChI=1S/C28H33N3O4S/c1-22-9-15-27(16-10-22)36(33,34)31(25-11-13-26(35-2)14-12-25)21-28(32)29-19-23-7-3-4-8-24(23)20-30-17-5-6-18-30/h3-4,7-16H,5-6,17-21H2,1-2H3,(H,29,32). The number of nitrogens with one attached hydrogen (secondary N) is 1. The number of carbonyl (C=O) groups excluding carboxylic acids is 1. The Balaban J connectivity index is 1.52. The summed E-state index contributed by atoms with van der Waals surface area (Å²) in [7, 11) is -2.42. The second kappa shape index (κ2) is 11.6. The van der Waals surface area contributed by atoms with Crippen LogP contribution in [0, 0.1) is 6.92 Å². The number of hydrogen-bond acceptors (Lipinski definition) is 5. The van der Waals surface area contributed by atoms with Crippen molar-refractivity contribution in [1.82, 2.24) is 10.2 Å². The zero-order valence-electron chi connectivity index (χ0n) is 20.8. The van der Waals surface area contributed by atoms with E-state index in [2.05, 4.69) is 16.3 Å². The van der Waals surface area contributed by atoms with Gasteiger partial charge in [-0.15, -0.1) is 0 Å². The Labute approximate surface area is 213 Å². The van der Waals surface area contributed by atoms with E-state index in [1.807, 2.05) is 25.1 Å². The summed E-state index contributed by atoms with van der Waals surface area (Å²) >= 11 is 0. The first kappa shape index (κ1) is 25.7. The van der Waals surface area contributed by atoms with Gasteiger partial charge in [0.15, 0.2) is 0 Å². The highest BCUT2D eigenvalue weighted by molar-refractivity contribution is 7.92. The van der Waals surface area contributed by atoms with Gasteiger partial charge in [-0.3, -0.25) is 14.0 Å². The van der Waals surface area contributed by atoms with E-state index < -0.39 is 10.0 Å². The molecule has 3 aromatic carbocycles. The van der Waals surface area contributed by atoms with Gasteiger partial charge in [0.2, 0.25) is 5.91 Å². The fraction of sp³-hybridized carbons (Fsp3) is 0.321. The Bertz CT molecular complexity index is 1270. The van der Waals surface area contributed by atoms with Crippen LogP contribution in [0.4, 0.5) is 5.69 Å². The van der Waals surface area contributed by atoms with Crippen molar-refractivity contribution < 1.29 is 17.9 Å². The molecule has 1 N–H and O–H groups in total. The summed E-state index contributed by atoms with van der Waals surface area (Å²) in [5.74, 6) is 0.225. The lowest BCUT2D eigenvalue weighted by molar-refractivity contribution is -0.119. The first-order valence-electron chi connectivity index (χ1n) is 12.2. The van der Waals surface area contributed by atoms with E-state index >= 15 is 0 Å². The van der Waals surface area contributed by atoms with Crippen LogP contribution in [-0.2, 0) is 27.9 Å². The predicted molar refractivity (Wildman–Crippen MR) is 142 cm³/mol. The van der Waals surface area contributed by atoms with Gasteiger partial charge in [-0.2, -0.15) is 0 Å². The number of ether oxygens (including phenoxy) is 1. The molecule has 8 heteroatoms. The van der Waals surface area contributed by atoms with Crippen LogP contribution in [0.15, 0.2) is 77.7 Å². The average Bonchev–Trinajstić information content (AvgIpc) is 3.40. The van der Waals surface area contributed by atoms with Crippen molar-refractivity contribution in [3.63, 3.8) is 0 Å². The molecule has 1 amide bonds. The molecule has 190 valence electrons. The summed E-state index contributed by atoms with van der Waals surface area (Å²) in [6, 6.07) is 21.3. The second-order valence-corrected chi connectivity index (χ2v) is 10.9. The lowest BCUT2D eigenvalue weighted by Gasteiger charge is -2.24. The molecule has 0 spiro atoms. The van der Waals surface area contributed by atoms with Crippen molar-refractivity contribution in [2.24, 2.45) is 0 Å². The van der Waals surface area contributed by atoms with E-state index in [1.165, 1.54) is 18.4 Å². The van der Waals surface area contributed by atoms with E-state index in [1.54, 1.807) is 55.6 Å². The number of amides is 1. The molecule has 1 saturated heterocycles. The summed E-state index contributed by atoms with van der Waals surface area (Å²) in [4.78, 5) is 15.6. The number of carbonyl (C=O) groups is 1. The van der Waals surface area contributed by atoms with E-state index in [4.69, 9.17) is 4.74 Å². The van der Waals surface area contributed by atoms with E-state index in [0.29, 0.717) is 18.0 Å². The molecule has 3 aromatic rings. The molecule has 36 heavy (non-hydrogen) atoms. The third-order valence-corrected chi connectivity index (χ3v) is 8.23. The number of nitrogens with zero attached hydrogens (tertiary/aromatic N) is 2. The third-order valence-electron chi connectivity index (χ3n) is 6.44. The van der Waals surface area contributed by atoms with Crippen LogP contribution in [0.5, 0.6) is 5.75 Å². The summed E-state index contributed by atoms with van der Waals surface area (Å²) < 4.78 is 33.5. The molecular formula is C28H33N3O4S. The molecule has 1 aliphatic rings. The average molecular weight is 508 g/mol. The zero-order chi connectivity index (χ0) is 25.5. The topological polar surface area (TPSA) is 79.0 Å². The number of rotatable bonds is 10. The maximum absolute atomic E-state index is 13.6. The van der Waals surface area contributed by atoms with Crippen molar-refractivity contribution in [3.8, 4) is 5.75 Å². The quantitative estimate of drug-likeness (QED) is 0.447. The van der Waals surface area contributed by atoms with E-state index in [0.717, 1.165) is 35.1 Å². The van der Waals surface area contributed by atoms with Gasteiger partial charge in [0.25, 0.3) is 10.0 Å². The van der Waals surface area contributed by atoms with Crippen molar-refractivity contribution in [2.45, 2.75) is 37.8 Å². The van der Waals surface area contributed by atoms with Crippen molar-refractivity contribution >= 4 is 21.6 Å². The summed E-state index contributed by atoms with van der Waals surface area (Å²) in [6.45, 7) is 4.93. The fourth-order valence-corrected chi connectivity index (χ4v) is 5.77. The van der Waals surface area contributed by atoms with Crippen molar-refractivity contribution in [2.75, 3.05) is 31.0 Å². The number of likely N-dealkylation sites (tertiary alicyclic amines) is 1. The van der Waals surface area contributed by atoms with Crippen LogP contribution < -0.4 is 14.4 Å². The molecule has 4 rings (SSSR count). The molecule has 0 atom stereocenters. The van der Waals surface area contributed by atoms with Crippen molar-refractivity contribution in [3.05, 3.63) is 89.5 Å². The Morgan fingerprint density at radius 1 is 0.944 bits per heavy atom. The number of sulfonamides is 1. The molecule has 0 radical (unpaired) electrons. The van der Waals surface area contributed by atoms with Crippen LogP contribution in [0.2, 0.25) is 0 Å². The molecule has 0 saturated carbocycles. The van der Waals surface area contributed by atoms with Gasteiger partial charge in [0.1, 0.15) is 12.3 Å². The van der Waals surface area contributed by atoms with Crippen LogP contribution in [0.25, 0.3) is 0 Å². The number of aryl methyl sites for hydroxylation is 1. The minimum atomic E-state index is -3.97. The van der Waals surface area contributed by atoms with Gasteiger partial charge in [-0.1, -0.05) is 42.0 Å². The Hall–Kier alpha value is -3.36. The van der Waals surface area contributed by atoms with Crippen LogP contribution >= 0.6 is 0 Å². The maximum Gasteiger partial charge on any atom is 0.264 e. The molecule has 1 fully saturated rings. The second-order valence-electron chi connectivity index (χ2n) is 9.05. The van der Waals surface area contributed by atoms with Gasteiger partial charge < -0.3 is 10.1 Å². The Kier molecular flexibility index (Phi) is 8.28. The van der Waals surface area contributed by atoms with Gasteiger partial charge in [0.05, 0.1) is 17.7 Å². The minimum Gasteiger partial charge on any atom is -0.497 e. The molecule has 1 heterocycles. The van der Waals surface area contributed by atoms with E-state index in [-0.39, 0.29) is 17.3 Å². The monoisotopic (exact) mass is 507 g/mol. The van der Waals surface area contributed by atoms with Crippen LogP contribution in [0.1, 0.15) is 29.5 Å². The molecule has 0 aromatic heterocycles. The SMILES string of the molecule is COc1ccc(N(CC(=O)NCc2ccccc2CN2CCCC2)S(=O)(=O)c2ccc(C)cc2)cc1. The highest BCUT2D eigenvalue weighted by Crippen LogP contribution is 2.26. The lowest BCUT2D eigenvalue weighted by atomic mass is 10.1. The summed E-state index contributed by atoms with van der Waals surface area (Å²) in [6.07, 6.45) is 2.44. The smallest absolute Gasteiger partial charge is 0.264 e. The predicted octanol–water partition coefficient (Wildman–Crippen LogP) is 4.11. The molecule has 0 aliphatic carbocycles. The molecule has 0 bridgehead atoms. The number of anilines is 1. The highest BCUT2D eigenvalue weighted by Gasteiger charge is 2.27. The van der Waals surface area contributed by atoms with Gasteiger partial charge >= 0.3 is 0 Å². The zero-order valence-corrected chi connectivity index (χ0v) is 21.6. The van der Waals surface area contributed by atoms with Crippen LogP contribution in [-0.4, -0.2) is 46.0 Å². The molecular weight excluding hydrogens is 474 g/mol. The van der Waals surface area contributed by atoms with Gasteiger partial charge in [-0.05, 0) is 80.4 Å². The van der Waals surface area contributed by atoms with Gasteiger partial charge in [0, 0.05) is 13.1 Å². The maximum atomic E-state index is 13.6.